The van der Waals surface area contributed by atoms with Crippen LogP contribution in [-0.2, 0) is 0 Å². The highest BCUT2D eigenvalue weighted by molar-refractivity contribution is 9.10. The van der Waals surface area contributed by atoms with E-state index in [0.29, 0.717) is 0 Å². The minimum Gasteiger partial charge on any atom is -0.398 e. The fourth-order valence-electron chi connectivity index (χ4n) is 2.20. The van der Waals surface area contributed by atoms with Crippen molar-refractivity contribution in [1.29, 1.82) is 0 Å². The molecule has 0 amide bonds. The quantitative estimate of drug-likeness (QED) is 0.674. The second-order valence-corrected chi connectivity index (χ2v) is 5.62. The van der Waals surface area contributed by atoms with E-state index >= 15 is 0 Å². The molecule has 3 nitrogen and oxygen atoms in total. The minimum absolute atomic E-state index is 0.740. The molecule has 0 atom stereocenters. The van der Waals surface area contributed by atoms with Gasteiger partial charge in [-0.15, -0.1) is 0 Å². The number of aromatic nitrogens is 1. The maximum Gasteiger partial charge on any atom is 0.0466 e. The van der Waals surface area contributed by atoms with Crippen molar-refractivity contribution < 1.29 is 0 Å². The maximum absolute atomic E-state index is 6.00. The van der Waals surface area contributed by atoms with Crippen LogP contribution in [0.15, 0.2) is 53.3 Å². The van der Waals surface area contributed by atoms with Crippen molar-refractivity contribution in [2.75, 3.05) is 11.1 Å². The zero-order valence-corrected chi connectivity index (χ0v) is 12.6. The smallest absolute Gasteiger partial charge is 0.0466 e. The number of nitrogens with zero attached hydrogens (tertiary/aromatic N) is 1. The highest BCUT2D eigenvalue weighted by atomic mass is 79.9. The summed E-state index contributed by atoms with van der Waals surface area (Å²) in [4.78, 5) is 4.14. The highest BCUT2D eigenvalue weighted by Gasteiger charge is 2.06. The van der Waals surface area contributed by atoms with Gasteiger partial charge in [0.15, 0.2) is 0 Å². The molecule has 0 aliphatic heterocycles. The predicted molar refractivity (Wildman–Crippen MR) is 88.3 cm³/mol. The topological polar surface area (TPSA) is 50.9 Å². The molecular formula is C16H14BrN3. The second-order valence-electron chi connectivity index (χ2n) is 4.71. The molecule has 0 saturated heterocycles. The van der Waals surface area contributed by atoms with Gasteiger partial charge in [0, 0.05) is 44.7 Å². The number of benzene rings is 2. The van der Waals surface area contributed by atoms with Gasteiger partial charge in [-0.3, -0.25) is 4.98 Å². The van der Waals surface area contributed by atoms with E-state index in [0.717, 1.165) is 32.3 Å². The summed E-state index contributed by atoms with van der Waals surface area (Å²) in [6.45, 7) is 2.08. The van der Waals surface area contributed by atoms with Gasteiger partial charge in [0.25, 0.3) is 0 Å². The minimum atomic E-state index is 0.740. The lowest BCUT2D eigenvalue weighted by Crippen LogP contribution is -1.96. The number of halogens is 1. The van der Waals surface area contributed by atoms with Gasteiger partial charge in [-0.2, -0.15) is 0 Å². The molecule has 0 unspecified atom stereocenters. The van der Waals surface area contributed by atoms with Crippen molar-refractivity contribution in [2.45, 2.75) is 6.92 Å². The summed E-state index contributed by atoms with van der Waals surface area (Å²) in [5.41, 5.74) is 10.0. The van der Waals surface area contributed by atoms with Gasteiger partial charge in [0.1, 0.15) is 0 Å². The van der Waals surface area contributed by atoms with Crippen LogP contribution in [0.5, 0.6) is 0 Å². The Balaban J connectivity index is 2.11. The van der Waals surface area contributed by atoms with Crippen LogP contribution in [0.4, 0.5) is 17.1 Å². The Hall–Kier alpha value is -2.07. The maximum atomic E-state index is 6.00. The Morgan fingerprint density at radius 2 is 1.90 bits per heavy atom. The van der Waals surface area contributed by atoms with E-state index in [1.54, 1.807) is 12.4 Å². The normalized spacial score (nSPS) is 10.7. The van der Waals surface area contributed by atoms with Gasteiger partial charge < -0.3 is 11.1 Å². The first-order valence-electron chi connectivity index (χ1n) is 6.30. The molecule has 1 heterocycles. The van der Waals surface area contributed by atoms with E-state index in [-0.39, 0.29) is 0 Å². The van der Waals surface area contributed by atoms with Gasteiger partial charge in [-0.25, -0.2) is 0 Å². The molecule has 100 valence electrons. The van der Waals surface area contributed by atoms with Crippen LogP contribution in [0.1, 0.15) is 5.56 Å². The molecule has 2 aromatic carbocycles. The summed E-state index contributed by atoms with van der Waals surface area (Å²) < 4.78 is 1.05. The summed E-state index contributed by atoms with van der Waals surface area (Å²) in [6.07, 6.45) is 3.57. The molecule has 0 fully saturated rings. The average molecular weight is 328 g/mol. The number of nitrogens with two attached hydrogens (primary N) is 1. The van der Waals surface area contributed by atoms with E-state index in [4.69, 9.17) is 5.73 Å². The Morgan fingerprint density at radius 3 is 2.75 bits per heavy atom. The van der Waals surface area contributed by atoms with Gasteiger partial charge in [-0.05, 0) is 42.8 Å². The molecule has 0 radical (unpaired) electrons. The third kappa shape index (κ3) is 2.34. The van der Waals surface area contributed by atoms with Crippen LogP contribution >= 0.6 is 15.9 Å². The molecule has 0 aliphatic carbocycles. The molecule has 3 aromatic rings. The molecule has 4 heteroatoms. The summed E-state index contributed by atoms with van der Waals surface area (Å²) in [6, 6.07) is 12.1. The lowest BCUT2D eigenvalue weighted by Gasteiger charge is -2.13. The van der Waals surface area contributed by atoms with Crippen molar-refractivity contribution >= 4 is 43.8 Å². The zero-order chi connectivity index (χ0) is 14.1. The van der Waals surface area contributed by atoms with E-state index in [1.807, 2.05) is 24.3 Å². The lowest BCUT2D eigenvalue weighted by atomic mass is 10.1. The largest absolute Gasteiger partial charge is 0.398 e. The second kappa shape index (κ2) is 5.13. The van der Waals surface area contributed by atoms with Crippen molar-refractivity contribution in [3.8, 4) is 0 Å². The van der Waals surface area contributed by atoms with Crippen molar-refractivity contribution in [2.24, 2.45) is 0 Å². The molecule has 0 bridgehead atoms. The Kier molecular flexibility index (Phi) is 3.32. The predicted octanol–water partition coefficient (Wildman–Crippen LogP) is 4.63. The average Bonchev–Trinajstić information content (AvgIpc) is 2.46. The van der Waals surface area contributed by atoms with Crippen LogP contribution in [0.2, 0.25) is 0 Å². The number of hydrogen-bond donors (Lipinski definition) is 2. The molecule has 1 aromatic heterocycles. The van der Waals surface area contributed by atoms with Crippen LogP contribution < -0.4 is 11.1 Å². The SMILES string of the molecule is Cc1ccc(Br)cc1Nc1ccc(N)c2cnccc12. The summed E-state index contributed by atoms with van der Waals surface area (Å²) in [7, 11) is 0. The van der Waals surface area contributed by atoms with Gasteiger partial charge in [0.05, 0.1) is 0 Å². The Morgan fingerprint density at radius 1 is 1.05 bits per heavy atom. The molecular weight excluding hydrogens is 314 g/mol. The van der Waals surface area contributed by atoms with Crippen LogP contribution in [0.3, 0.4) is 0 Å². The number of fused-ring (bicyclic) bond motifs is 1. The molecule has 0 spiro atoms. The lowest BCUT2D eigenvalue weighted by molar-refractivity contribution is 1.36. The number of aryl methyl sites for hydroxylation is 1. The van der Waals surface area contributed by atoms with Gasteiger partial charge >= 0.3 is 0 Å². The number of rotatable bonds is 2. The van der Waals surface area contributed by atoms with E-state index in [2.05, 4.69) is 45.3 Å². The van der Waals surface area contributed by atoms with Crippen molar-refractivity contribution in [3.05, 3.63) is 58.8 Å². The standard InChI is InChI=1S/C16H14BrN3/c1-10-2-3-11(17)8-16(10)20-15-5-4-14(18)13-9-19-7-6-12(13)15/h2-9,20H,18H2,1H3. The van der Waals surface area contributed by atoms with Crippen LogP contribution in [0.25, 0.3) is 10.8 Å². The van der Waals surface area contributed by atoms with Crippen LogP contribution in [0, 0.1) is 6.92 Å². The Bertz CT molecular complexity index is 784. The number of nitrogen functional groups attached to an aromatic ring is 1. The molecule has 0 saturated carbocycles. The fourth-order valence-corrected chi connectivity index (χ4v) is 2.56. The highest BCUT2D eigenvalue weighted by Crippen LogP contribution is 2.31. The number of anilines is 3. The van der Waals surface area contributed by atoms with Crippen molar-refractivity contribution in [1.82, 2.24) is 4.98 Å². The molecule has 20 heavy (non-hydrogen) atoms. The van der Waals surface area contributed by atoms with Crippen molar-refractivity contribution in [3.63, 3.8) is 0 Å². The third-order valence-electron chi connectivity index (χ3n) is 3.32. The number of pyridine rings is 1. The van der Waals surface area contributed by atoms with E-state index < -0.39 is 0 Å². The summed E-state index contributed by atoms with van der Waals surface area (Å²) in [5.74, 6) is 0. The van der Waals surface area contributed by atoms with Gasteiger partial charge in [0.2, 0.25) is 0 Å². The van der Waals surface area contributed by atoms with E-state index in [9.17, 15) is 0 Å². The first kappa shape index (κ1) is 12.9. The Labute approximate surface area is 126 Å². The monoisotopic (exact) mass is 327 g/mol. The number of hydrogen-bond acceptors (Lipinski definition) is 3. The third-order valence-corrected chi connectivity index (χ3v) is 3.81. The first-order chi connectivity index (χ1) is 9.65. The van der Waals surface area contributed by atoms with Gasteiger partial charge in [-0.1, -0.05) is 22.0 Å². The van der Waals surface area contributed by atoms with Crippen LogP contribution in [-0.4, -0.2) is 4.98 Å². The summed E-state index contributed by atoms with van der Waals surface area (Å²) in [5, 5.41) is 5.50. The molecule has 3 rings (SSSR count). The zero-order valence-electron chi connectivity index (χ0n) is 11.0. The molecule has 3 N–H and O–H groups in total. The fraction of sp³-hybridized carbons (Fsp3) is 0.0625. The summed E-state index contributed by atoms with van der Waals surface area (Å²) >= 11 is 3.50. The molecule has 0 aliphatic rings. The first-order valence-corrected chi connectivity index (χ1v) is 7.10. The van der Waals surface area contributed by atoms with E-state index in [1.165, 1.54) is 5.56 Å². The number of nitrogens with one attached hydrogen (secondary N) is 1.